The molecule has 2 rings (SSSR count). The molecule has 2 amide bonds. The lowest BCUT2D eigenvalue weighted by atomic mass is 9.90. The van der Waals surface area contributed by atoms with Crippen LogP contribution in [0.4, 0.5) is 4.79 Å². The van der Waals surface area contributed by atoms with Gasteiger partial charge >= 0.3 is 6.03 Å². The third-order valence-corrected chi connectivity index (χ3v) is 4.25. The molecule has 0 radical (unpaired) electrons. The summed E-state index contributed by atoms with van der Waals surface area (Å²) in [7, 11) is 0. The number of hydrogen-bond donors (Lipinski definition) is 3. The van der Waals surface area contributed by atoms with E-state index < -0.39 is 5.54 Å². The minimum atomic E-state index is -0.598. The first kappa shape index (κ1) is 17.6. The van der Waals surface area contributed by atoms with Gasteiger partial charge < -0.3 is 20.5 Å². The number of benzene rings is 1. The molecule has 2 atom stereocenters. The van der Waals surface area contributed by atoms with Gasteiger partial charge in [-0.15, -0.1) is 0 Å². The monoisotopic (exact) mass is 320 g/mol. The van der Waals surface area contributed by atoms with E-state index in [0.717, 1.165) is 24.2 Å². The van der Waals surface area contributed by atoms with Crippen molar-refractivity contribution >= 4 is 6.03 Å². The van der Waals surface area contributed by atoms with Crippen LogP contribution in [-0.4, -0.2) is 28.9 Å². The molecule has 0 aliphatic carbocycles. The summed E-state index contributed by atoms with van der Waals surface area (Å²) < 4.78 is 5.98. The third kappa shape index (κ3) is 4.38. The van der Waals surface area contributed by atoms with Crippen molar-refractivity contribution in [1.29, 1.82) is 0 Å². The molecule has 128 valence electrons. The molecule has 0 bridgehead atoms. The molecular formula is C18H28N2O3. The van der Waals surface area contributed by atoms with E-state index in [1.165, 1.54) is 0 Å². The first-order valence-corrected chi connectivity index (χ1v) is 8.26. The highest BCUT2D eigenvalue weighted by molar-refractivity contribution is 5.75. The zero-order chi connectivity index (χ0) is 17.1. The summed E-state index contributed by atoms with van der Waals surface area (Å²) in [6.07, 6.45) is 2.32. The molecule has 0 saturated carbocycles. The Bertz CT molecular complexity index is 559. The summed E-state index contributed by atoms with van der Waals surface area (Å²) in [4.78, 5) is 12.4. The van der Waals surface area contributed by atoms with Crippen LogP contribution in [0.5, 0.6) is 5.75 Å². The number of amides is 2. The lowest BCUT2D eigenvalue weighted by molar-refractivity contribution is 0.0672. The van der Waals surface area contributed by atoms with Crippen LogP contribution >= 0.6 is 0 Å². The fraction of sp³-hybridized carbons (Fsp3) is 0.611. The van der Waals surface area contributed by atoms with Gasteiger partial charge in [0.2, 0.25) is 0 Å². The number of nitrogens with one attached hydrogen (secondary N) is 2. The number of rotatable bonds is 5. The van der Waals surface area contributed by atoms with Crippen molar-refractivity contribution in [2.75, 3.05) is 6.61 Å². The molecule has 2 unspecified atom stereocenters. The highest BCUT2D eigenvalue weighted by Gasteiger charge is 2.35. The average Bonchev–Trinajstić information content (AvgIpc) is 2.46. The van der Waals surface area contributed by atoms with Crippen molar-refractivity contribution in [3.8, 4) is 5.75 Å². The Labute approximate surface area is 138 Å². The van der Waals surface area contributed by atoms with E-state index in [2.05, 4.69) is 10.6 Å². The summed E-state index contributed by atoms with van der Waals surface area (Å²) in [5, 5.41) is 15.5. The smallest absolute Gasteiger partial charge is 0.315 e. The number of fused-ring (bicyclic) bond motifs is 1. The van der Waals surface area contributed by atoms with Crippen LogP contribution in [0, 0.1) is 0 Å². The van der Waals surface area contributed by atoms with Crippen LogP contribution in [0.25, 0.3) is 0 Å². The number of carbonyl (C=O) groups excluding carboxylic acids is 1. The molecule has 0 fully saturated rings. The minimum Gasteiger partial charge on any atom is -0.487 e. The highest BCUT2D eigenvalue weighted by atomic mass is 16.5. The molecule has 1 aliphatic rings. The summed E-state index contributed by atoms with van der Waals surface area (Å²) in [6, 6.07) is 7.42. The molecule has 5 nitrogen and oxygen atoms in total. The van der Waals surface area contributed by atoms with Gasteiger partial charge in [-0.25, -0.2) is 4.79 Å². The topological polar surface area (TPSA) is 70.6 Å². The van der Waals surface area contributed by atoms with E-state index in [1.54, 1.807) is 0 Å². The predicted octanol–water partition coefficient (Wildman–Crippen LogP) is 3.14. The number of carbonyl (C=O) groups is 1. The van der Waals surface area contributed by atoms with E-state index >= 15 is 0 Å². The van der Waals surface area contributed by atoms with Crippen molar-refractivity contribution < 1.29 is 14.6 Å². The summed E-state index contributed by atoms with van der Waals surface area (Å²) in [6.45, 7) is 7.85. The standard InChI is InChI=1S/C18H28N2O3/c1-5-10-18(4,12-21)20-16(22)19-14-11-17(2,3)23-15-9-7-6-8-13(14)15/h6-9,14,21H,5,10-12H2,1-4H3,(H2,19,20,22). The predicted molar refractivity (Wildman–Crippen MR) is 90.6 cm³/mol. The Morgan fingerprint density at radius 2 is 2.13 bits per heavy atom. The Morgan fingerprint density at radius 3 is 2.78 bits per heavy atom. The van der Waals surface area contributed by atoms with Crippen molar-refractivity contribution in [1.82, 2.24) is 10.6 Å². The zero-order valence-corrected chi connectivity index (χ0v) is 14.5. The first-order valence-electron chi connectivity index (χ1n) is 8.26. The quantitative estimate of drug-likeness (QED) is 0.780. The van der Waals surface area contributed by atoms with E-state index in [4.69, 9.17) is 4.74 Å². The van der Waals surface area contributed by atoms with Crippen LogP contribution in [0.3, 0.4) is 0 Å². The van der Waals surface area contributed by atoms with E-state index in [1.807, 2.05) is 52.0 Å². The van der Waals surface area contributed by atoms with Gasteiger partial charge in [0.05, 0.1) is 18.2 Å². The van der Waals surface area contributed by atoms with Gasteiger partial charge in [0.15, 0.2) is 0 Å². The maximum Gasteiger partial charge on any atom is 0.315 e. The number of aliphatic hydroxyl groups excluding tert-OH is 1. The Hall–Kier alpha value is -1.75. The van der Waals surface area contributed by atoms with Crippen LogP contribution in [0.15, 0.2) is 24.3 Å². The second kappa shape index (κ2) is 6.79. The third-order valence-electron chi connectivity index (χ3n) is 4.25. The molecular weight excluding hydrogens is 292 g/mol. The lowest BCUT2D eigenvalue weighted by Crippen LogP contribution is -2.54. The molecule has 5 heteroatoms. The maximum absolute atomic E-state index is 12.4. The minimum absolute atomic E-state index is 0.0792. The first-order chi connectivity index (χ1) is 10.8. The molecule has 3 N–H and O–H groups in total. The number of ether oxygens (including phenoxy) is 1. The molecule has 0 saturated heterocycles. The van der Waals surface area contributed by atoms with Gasteiger partial charge in [0, 0.05) is 12.0 Å². The Morgan fingerprint density at radius 1 is 1.43 bits per heavy atom. The fourth-order valence-electron chi connectivity index (χ4n) is 3.13. The van der Waals surface area contributed by atoms with Crippen molar-refractivity contribution in [3.63, 3.8) is 0 Å². The van der Waals surface area contributed by atoms with Crippen LogP contribution in [0.2, 0.25) is 0 Å². The average molecular weight is 320 g/mol. The fourth-order valence-corrected chi connectivity index (χ4v) is 3.13. The van der Waals surface area contributed by atoms with E-state index in [0.29, 0.717) is 6.42 Å². The number of para-hydroxylation sites is 1. The number of aliphatic hydroxyl groups is 1. The molecule has 23 heavy (non-hydrogen) atoms. The summed E-state index contributed by atoms with van der Waals surface area (Å²) in [5.41, 5.74) is 0.0536. The summed E-state index contributed by atoms with van der Waals surface area (Å²) in [5.74, 6) is 0.813. The lowest BCUT2D eigenvalue weighted by Gasteiger charge is -2.38. The van der Waals surface area contributed by atoms with Gasteiger partial charge in [0.1, 0.15) is 11.4 Å². The molecule has 0 spiro atoms. The van der Waals surface area contributed by atoms with Crippen molar-refractivity contribution in [2.24, 2.45) is 0 Å². The Kier molecular flexibility index (Phi) is 5.19. The summed E-state index contributed by atoms with van der Waals surface area (Å²) >= 11 is 0. The zero-order valence-electron chi connectivity index (χ0n) is 14.5. The van der Waals surface area contributed by atoms with E-state index in [-0.39, 0.29) is 24.3 Å². The van der Waals surface area contributed by atoms with Crippen LogP contribution in [-0.2, 0) is 0 Å². The van der Waals surface area contributed by atoms with Gasteiger partial charge in [-0.1, -0.05) is 31.5 Å². The second-order valence-corrected chi connectivity index (χ2v) is 7.22. The molecule has 1 aliphatic heterocycles. The van der Waals surface area contributed by atoms with Gasteiger partial charge in [-0.2, -0.15) is 0 Å². The van der Waals surface area contributed by atoms with Crippen molar-refractivity contribution in [3.05, 3.63) is 29.8 Å². The maximum atomic E-state index is 12.4. The Balaban J connectivity index is 2.11. The van der Waals surface area contributed by atoms with Gasteiger partial charge in [-0.05, 0) is 33.3 Å². The molecule has 1 aromatic carbocycles. The highest BCUT2D eigenvalue weighted by Crippen LogP contribution is 2.39. The number of urea groups is 1. The molecule has 1 heterocycles. The molecule has 1 aromatic rings. The van der Waals surface area contributed by atoms with Gasteiger partial charge in [0.25, 0.3) is 0 Å². The second-order valence-electron chi connectivity index (χ2n) is 7.22. The number of hydrogen-bond acceptors (Lipinski definition) is 3. The van der Waals surface area contributed by atoms with Crippen LogP contribution in [0.1, 0.15) is 58.6 Å². The normalized spacial score (nSPS) is 21.5. The SMILES string of the molecule is CCCC(C)(CO)NC(=O)NC1CC(C)(C)Oc2ccccc21. The van der Waals surface area contributed by atoms with Crippen molar-refractivity contribution in [2.45, 2.75) is 64.1 Å². The largest absolute Gasteiger partial charge is 0.487 e. The van der Waals surface area contributed by atoms with Gasteiger partial charge in [-0.3, -0.25) is 0 Å². The van der Waals surface area contributed by atoms with Crippen LogP contribution < -0.4 is 15.4 Å². The van der Waals surface area contributed by atoms with E-state index in [9.17, 15) is 9.90 Å². The molecule has 0 aromatic heterocycles.